The highest BCUT2D eigenvalue weighted by Crippen LogP contribution is 2.26. The first-order valence-electron chi connectivity index (χ1n) is 5.29. The number of nitrogens with one attached hydrogen (secondary N) is 1. The normalized spacial score (nSPS) is 10.4. The number of halogens is 1. The molecule has 0 aromatic heterocycles. The van der Waals surface area contributed by atoms with Crippen LogP contribution < -0.4 is 10.1 Å². The Morgan fingerprint density at radius 3 is 2.82 bits per heavy atom. The number of methoxy groups -OCH3 is 1. The molecule has 0 saturated heterocycles. The van der Waals surface area contributed by atoms with Crippen LogP contribution in [0.15, 0.2) is 12.1 Å². The number of benzene rings is 1. The third-order valence-corrected chi connectivity index (χ3v) is 2.76. The number of aryl methyl sites for hydroxylation is 1. The fraction of sp³-hybridized carbons (Fsp3) is 0.417. The van der Waals surface area contributed by atoms with Crippen LogP contribution in [0.2, 0.25) is 5.02 Å². The summed E-state index contributed by atoms with van der Waals surface area (Å²) in [5, 5.41) is 12.0. The number of carbonyl (C=O) groups is 1. The Morgan fingerprint density at radius 2 is 2.24 bits per heavy atom. The van der Waals surface area contributed by atoms with Gasteiger partial charge in [0.05, 0.1) is 25.8 Å². The molecule has 0 aliphatic heterocycles. The molecule has 0 spiro atoms. The second-order valence-corrected chi connectivity index (χ2v) is 4.03. The number of hydrogen-bond acceptors (Lipinski definition) is 4. The van der Waals surface area contributed by atoms with Crippen LogP contribution >= 0.6 is 11.6 Å². The van der Waals surface area contributed by atoms with Gasteiger partial charge >= 0.3 is 0 Å². The summed E-state index contributed by atoms with van der Waals surface area (Å²) in [7, 11) is 1.51. The van der Waals surface area contributed by atoms with Crippen molar-refractivity contribution in [2.45, 2.75) is 6.92 Å². The largest absolute Gasteiger partial charge is 0.496 e. The number of hydrogen-bond donors (Lipinski definition) is 2. The molecule has 0 radical (unpaired) electrons. The lowest BCUT2D eigenvalue weighted by atomic mass is 10.1. The molecule has 0 saturated carbocycles. The summed E-state index contributed by atoms with van der Waals surface area (Å²) in [6.45, 7) is 2.38. The average Bonchev–Trinajstić information content (AvgIpc) is 2.32. The second-order valence-electron chi connectivity index (χ2n) is 3.63. The number of ether oxygens (including phenoxy) is 1. The highest BCUT2D eigenvalue weighted by molar-refractivity contribution is 6.31. The summed E-state index contributed by atoms with van der Waals surface area (Å²) in [5.41, 5.74) is 1.32. The minimum Gasteiger partial charge on any atom is -0.496 e. The van der Waals surface area contributed by atoms with Crippen molar-refractivity contribution in [1.82, 2.24) is 5.32 Å². The molecular weight excluding hydrogens is 242 g/mol. The quantitative estimate of drug-likeness (QED) is 0.598. The monoisotopic (exact) mass is 257 g/mol. The van der Waals surface area contributed by atoms with E-state index in [-0.39, 0.29) is 18.9 Å². The van der Waals surface area contributed by atoms with E-state index in [2.05, 4.69) is 5.32 Å². The summed E-state index contributed by atoms with van der Waals surface area (Å²) < 4.78 is 5.15. The van der Waals surface area contributed by atoms with Crippen LogP contribution in [-0.2, 0) is 0 Å². The fourth-order valence-electron chi connectivity index (χ4n) is 1.42. The number of carbonyl (C=O) groups excluding carboxylic acids is 1. The van der Waals surface area contributed by atoms with Crippen LogP contribution in [0, 0.1) is 6.92 Å². The highest BCUT2D eigenvalue weighted by Gasteiger charge is 2.14. The number of Topliss-reactive ketones (excluding diaryl/α,β-unsaturated/α-hetero) is 1. The molecule has 1 rings (SSSR count). The molecule has 0 bridgehead atoms. The third-order valence-electron chi connectivity index (χ3n) is 2.36. The number of aliphatic hydroxyl groups is 1. The van der Waals surface area contributed by atoms with Crippen molar-refractivity contribution in [3.05, 3.63) is 28.3 Å². The zero-order valence-electron chi connectivity index (χ0n) is 9.92. The molecule has 0 amide bonds. The van der Waals surface area contributed by atoms with Gasteiger partial charge in [0, 0.05) is 11.6 Å². The third kappa shape index (κ3) is 3.70. The molecule has 94 valence electrons. The Bertz CT molecular complexity index is 407. The van der Waals surface area contributed by atoms with E-state index in [9.17, 15) is 4.79 Å². The maximum Gasteiger partial charge on any atom is 0.180 e. The first kappa shape index (κ1) is 14.0. The van der Waals surface area contributed by atoms with Gasteiger partial charge in [-0.3, -0.25) is 4.79 Å². The molecule has 0 fully saturated rings. The second kappa shape index (κ2) is 6.59. The standard InChI is InChI=1S/C12H16ClNO3/c1-8-5-12(17-2)9(6-10(8)13)11(16)7-14-3-4-15/h5-6,14-15H,3-4,7H2,1-2H3. The lowest BCUT2D eigenvalue weighted by molar-refractivity contribution is 0.0987. The van der Waals surface area contributed by atoms with Gasteiger partial charge in [-0.1, -0.05) is 11.6 Å². The summed E-state index contributed by atoms with van der Waals surface area (Å²) in [4.78, 5) is 11.9. The number of rotatable bonds is 6. The van der Waals surface area contributed by atoms with Gasteiger partial charge in [-0.25, -0.2) is 0 Å². The Morgan fingerprint density at radius 1 is 1.53 bits per heavy atom. The fourth-order valence-corrected chi connectivity index (χ4v) is 1.58. The van der Waals surface area contributed by atoms with Crippen molar-refractivity contribution in [3.63, 3.8) is 0 Å². The van der Waals surface area contributed by atoms with E-state index in [4.69, 9.17) is 21.4 Å². The van der Waals surface area contributed by atoms with Crippen molar-refractivity contribution in [2.24, 2.45) is 0 Å². The summed E-state index contributed by atoms with van der Waals surface area (Å²) in [6.07, 6.45) is 0. The van der Waals surface area contributed by atoms with Gasteiger partial charge < -0.3 is 15.2 Å². The van der Waals surface area contributed by atoms with Crippen molar-refractivity contribution in [2.75, 3.05) is 26.8 Å². The van der Waals surface area contributed by atoms with E-state index < -0.39 is 0 Å². The lowest BCUT2D eigenvalue weighted by Gasteiger charge is -2.10. The molecule has 5 heteroatoms. The predicted molar refractivity (Wildman–Crippen MR) is 67.0 cm³/mol. The topological polar surface area (TPSA) is 58.6 Å². The Balaban J connectivity index is 2.88. The first-order valence-corrected chi connectivity index (χ1v) is 5.67. The predicted octanol–water partition coefficient (Wildman–Crippen LogP) is 1.42. The number of aliphatic hydroxyl groups excluding tert-OH is 1. The van der Waals surface area contributed by atoms with E-state index >= 15 is 0 Å². The smallest absolute Gasteiger partial charge is 0.180 e. The van der Waals surface area contributed by atoms with E-state index in [1.807, 2.05) is 6.92 Å². The maximum atomic E-state index is 11.9. The van der Waals surface area contributed by atoms with Crippen molar-refractivity contribution in [3.8, 4) is 5.75 Å². The van der Waals surface area contributed by atoms with E-state index in [0.717, 1.165) is 5.56 Å². The summed E-state index contributed by atoms with van der Waals surface area (Å²) in [6, 6.07) is 3.35. The molecule has 0 heterocycles. The van der Waals surface area contributed by atoms with Crippen LogP contribution in [0.3, 0.4) is 0 Å². The zero-order chi connectivity index (χ0) is 12.8. The Kier molecular flexibility index (Phi) is 5.41. The van der Waals surface area contributed by atoms with E-state index in [0.29, 0.717) is 22.9 Å². The van der Waals surface area contributed by atoms with Crippen molar-refractivity contribution >= 4 is 17.4 Å². The van der Waals surface area contributed by atoms with Crippen LogP contribution in [0.5, 0.6) is 5.75 Å². The molecule has 1 aromatic carbocycles. The molecule has 0 aliphatic carbocycles. The van der Waals surface area contributed by atoms with Gasteiger partial charge in [0.15, 0.2) is 5.78 Å². The SMILES string of the molecule is COc1cc(C)c(Cl)cc1C(=O)CNCCO. The van der Waals surface area contributed by atoms with Gasteiger partial charge in [-0.05, 0) is 24.6 Å². The highest BCUT2D eigenvalue weighted by atomic mass is 35.5. The lowest BCUT2D eigenvalue weighted by Crippen LogP contribution is -2.26. The molecule has 1 aromatic rings. The zero-order valence-corrected chi connectivity index (χ0v) is 10.7. The minimum absolute atomic E-state index is 0.000924. The molecule has 4 nitrogen and oxygen atoms in total. The molecule has 0 unspecified atom stereocenters. The molecule has 0 aliphatic rings. The molecule has 2 N–H and O–H groups in total. The van der Waals surface area contributed by atoms with Gasteiger partial charge in [0.25, 0.3) is 0 Å². The molecule has 0 atom stereocenters. The summed E-state index contributed by atoms with van der Waals surface area (Å²) >= 11 is 5.98. The first-order chi connectivity index (χ1) is 8.10. The van der Waals surface area contributed by atoms with Gasteiger partial charge in [0.1, 0.15) is 5.75 Å². The van der Waals surface area contributed by atoms with Gasteiger partial charge in [-0.2, -0.15) is 0 Å². The van der Waals surface area contributed by atoms with Crippen LogP contribution in [0.4, 0.5) is 0 Å². The maximum absolute atomic E-state index is 11.9. The van der Waals surface area contributed by atoms with E-state index in [1.54, 1.807) is 12.1 Å². The average molecular weight is 258 g/mol. The van der Waals surface area contributed by atoms with Gasteiger partial charge in [0.2, 0.25) is 0 Å². The van der Waals surface area contributed by atoms with Crippen molar-refractivity contribution in [1.29, 1.82) is 0 Å². The molecular formula is C12H16ClNO3. The minimum atomic E-state index is -0.114. The molecule has 17 heavy (non-hydrogen) atoms. The van der Waals surface area contributed by atoms with E-state index in [1.165, 1.54) is 7.11 Å². The van der Waals surface area contributed by atoms with Crippen LogP contribution in [0.25, 0.3) is 0 Å². The van der Waals surface area contributed by atoms with Crippen LogP contribution in [-0.4, -0.2) is 37.7 Å². The summed E-state index contributed by atoms with van der Waals surface area (Å²) in [5.74, 6) is 0.403. The Hall–Kier alpha value is -1.10. The van der Waals surface area contributed by atoms with Crippen molar-refractivity contribution < 1.29 is 14.6 Å². The van der Waals surface area contributed by atoms with Gasteiger partial charge in [-0.15, -0.1) is 0 Å². The number of ketones is 1. The van der Waals surface area contributed by atoms with Crippen LogP contribution in [0.1, 0.15) is 15.9 Å². The Labute approximate surface area is 106 Å².